The van der Waals surface area contributed by atoms with Crippen LogP contribution in [0, 0.1) is 23.6 Å². The van der Waals surface area contributed by atoms with Gasteiger partial charge in [0.2, 0.25) is 29.4 Å². The van der Waals surface area contributed by atoms with Gasteiger partial charge in [-0.25, -0.2) is 9.37 Å². The van der Waals surface area contributed by atoms with Gasteiger partial charge in [0.25, 0.3) is 0 Å². The molecule has 2 aromatic rings. The Morgan fingerprint density at radius 1 is 1.04 bits per heavy atom. The minimum Gasteiger partial charge on any atom is -0.481 e. The Labute approximate surface area is 279 Å². The molecule has 1 aliphatic carbocycles. The zero-order valence-corrected chi connectivity index (χ0v) is 28.1. The summed E-state index contributed by atoms with van der Waals surface area (Å²) < 4.78 is 51.0. The lowest BCUT2D eigenvalue weighted by Crippen LogP contribution is -2.54. The van der Waals surface area contributed by atoms with Crippen LogP contribution in [0.4, 0.5) is 18.9 Å². The van der Waals surface area contributed by atoms with E-state index < -0.39 is 47.4 Å². The first-order valence-corrected chi connectivity index (χ1v) is 16.6. The second-order valence-electron chi connectivity index (χ2n) is 13.0. The van der Waals surface area contributed by atoms with Crippen molar-refractivity contribution in [2.75, 3.05) is 45.7 Å². The summed E-state index contributed by atoms with van der Waals surface area (Å²) in [6.07, 6.45) is 3.09. The van der Waals surface area contributed by atoms with E-state index in [4.69, 9.17) is 4.74 Å². The van der Waals surface area contributed by atoms with Gasteiger partial charge >= 0.3 is 5.92 Å². The number of hydrogen-bond donors (Lipinski definition) is 2. The molecule has 3 amide bonds. The highest BCUT2D eigenvalue weighted by atomic mass is 19.3. The molecule has 2 fully saturated rings. The Morgan fingerprint density at radius 3 is 2.31 bits per heavy atom. The van der Waals surface area contributed by atoms with Gasteiger partial charge in [0.05, 0.1) is 12.8 Å². The number of pyridine rings is 1. The largest absolute Gasteiger partial charge is 0.481 e. The summed E-state index contributed by atoms with van der Waals surface area (Å²) in [4.78, 5) is 59.9. The molecule has 2 aliphatic rings. The van der Waals surface area contributed by atoms with E-state index in [1.54, 1.807) is 17.9 Å². The summed E-state index contributed by atoms with van der Waals surface area (Å²) in [5, 5.41) is 5.29. The molecule has 4 rings (SSSR count). The maximum absolute atomic E-state index is 15.5. The molecule has 0 bridgehead atoms. The Balaban J connectivity index is 1.50. The van der Waals surface area contributed by atoms with Crippen LogP contribution in [0.15, 0.2) is 36.5 Å². The van der Waals surface area contributed by atoms with E-state index >= 15 is 13.2 Å². The number of carbonyl (C=O) groups excluding carboxylic acids is 4. The Kier molecular flexibility index (Phi) is 12.6. The number of ether oxygens (including phenoxy) is 1. The number of anilines is 1. The summed E-state index contributed by atoms with van der Waals surface area (Å²) in [6, 6.07) is 5.49. The molecule has 0 spiro atoms. The van der Waals surface area contributed by atoms with Crippen molar-refractivity contribution in [2.45, 2.75) is 70.8 Å². The number of methoxy groups -OCH3 is 1. The lowest BCUT2D eigenvalue weighted by molar-refractivity contribution is -0.147. The molecule has 13 heteroatoms. The highest BCUT2D eigenvalue weighted by molar-refractivity contribution is 5.97. The van der Waals surface area contributed by atoms with Crippen molar-refractivity contribution in [3.63, 3.8) is 0 Å². The molecule has 262 valence electrons. The number of Topliss-reactive ketones (excluding diaryl/α,β-unsaturated/α-hetero) is 1. The number of aromatic nitrogens is 1. The molecule has 48 heavy (non-hydrogen) atoms. The molecule has 2 heterocycles. The third kappa shape index (κ3) is 9.33. The van der Waals surface area contributed by atoms with Crippen molar-refractivity contribution in [1.82, 2.24) is 20.1 Å². The number of alkyl halides is 2. The number of benzene rings is 1. The number of amides is 3. The Bertz CT molecular complexity index is 1440. The van der Waals surface area contributed by atoms with E-state index in [2.05, 4.69) is 27.4 Å². The molecule has 1 aliphatic heterocycles. The van der Waals surface area contributed by atoms with Crippen molar-refractivity contribution < 1.29 is 37.1 Å². The first-order valence-electron chi connectivity index (χ1n) is 16.6. The Morgan fingerprint density at radius 2 is 1.73 bits per heavy atom. The van der Waals surface area contributed by atoms with Crippen molar-refractivity contribution >= 4 is 29.2 Å². The average Bonchev–Trinajstić information content (AvgIpc) is 3.08. The maximum atomic E-state index is 15.5. The van der Waals surface area contributed by atoms with E-state index in [0.29, 0.717) is 50.5 Å². The summed E-state index contributed by atoms with van der Waals surface area (Å²) in [5.41, 5.74) is -0.350. The lowest BCUT2D eigenvalue weighted by Gasteiger charge is -2.34. The van der Waals surface area contributed by atoms with Gasteiger partial charge < -0.3 is 25.2 Å². The highest BCUT2D eigenvalue weighted by Gasteiger charge is 2.44. The normalized spacial score (nSPS) is 20.0. The zero-order valence-electron chi connectivity index (χ0n) is 28.1. The van der Waals surface area contributed by atoms with Crippen LogP contribution in [0.2, 0.25) is 0 Å². The number of hydrogen-bond acceptors (Lipinski definition) is 7. The van der Waals surface area contributed by atoms with Crippen molar-refractivity contribution in [3.05, 3.63) is 53.5 Å². The maximum Gasteiger partial charge on any atom is 0.331 e. The first-order chi connectivity index (χ1) is 22.8. The van der Waals surface area contributed by atoms with Gasteiger partial charge in [-0.15, -0.1) is 0 Å². The molecule has 1 saturated heterocycles. The predicted octanol–water partition coefficient (Wildman–Crippen LogP) is 4.57. The third-order valence-corrected chi connectivity index (χ3v) is 9.53. The number of likely N-dealkylation sites (N-methyl/N-ethyl adjacent to an activating group) is 1. The van der Waals surface area contributed by atoms with Crippen LogP contribution in [0.25, 0.3) is 0 Å². The molecular weight excluding hydrogens is 627 g/mol. The van der Waals surface area contributed by atoms with E-state index in [0.717, 1.165) is 25.1 Å². The van der Waals surface area contributed by atoms with Crippen LogP contribution < -0.4 is 15.4 Å². The highest BCUT2D eigenvalue weighted by Crippen LogP contribution is 2.39. The second kappa shape index (κ2) is 16.4. The minimum atomic E-state index is -3.89. The SMILES string of the molecule is CCC(=O)N[C@H](Cc1ccc(NC(=O)[C@@H](CC(=O)C(F)(F)c2ccc(OC)nc2)C2CCC(C)CC2)c(F)c1)C(=O)N1CCN(C)CC1. The zero-order chi connectivity index (χ0) is 35.0. The number of rotatable bonds is 13. The van der Waals surface area contributed by atoms with Gasteiger partial charge in [0.15, 0.2) is 0 Å². The summed E-state index contributed by atoms with van der Waals surface area (Å²) in [7, 11) is 3.31. The monoisotopic (exact) mass is 673 g/mol. The van der Waals surface area contributed by atoms with Crippen molar-refractivity contribution in [2.24, 2.45) is 17.8 Å². The summed E-state index contributed by atoms with van der Waals surface area (Å²) in [5.74, 6) is -8.28. The standard InChI is InChI=1S/C35H46F3N5O5/c1-5-31(45)40-29(34(47)43-16-14-42(3)15-17-43)19-23-8-12-28(27(36)18-23)41-33(46)26(24-9-6-22(2)7-10-24)20-30(44)35(37,38)25-11-13-32(48-4)39-21-25/h8,11-13,18,21-22,24,26,29H,5-7,9-10,14-17,19-20H2,1-4H3,(H,40,45)(H,41,46)/t22?,24?,26-,29+/m0/s1. The number of carbonyl (C=O) groups is 4. The van der Waals surface area contributed by atoms with E-state index in [1.165, 1.54) is 25.3 Å². The van der Waals surface area contributed by atoms with Crippen LogP contribution in [0.5, 0.6) is 5.88 Å². The molecule has 1 saturated carbocycles. The molecular formula is C35H46F3N5O5. The second-order valence-corrected chi connectivity index (χ2v) is 13.0. The van der Waals surface area contributed by atoms with Gasteiger partial charge in [-0.1, -0.05) is 32.8 Å². The molecule has 1 aromatic carbocycles. The predicted molar refractivity (Wildman–Crippen MR) is 174 cm³/mol. The van der Waals surface area contributed by atoms with Crippen LogP contribution in [-0.4, -0.2) is 84.7 Å². The number of piperazine rings is 1. The fraction of sp³-hybridized carbons (Fsp3) is 0.571. The van der Waals surface area contributed by atoms with Gasteiger partial charge in [0, 0.05) is 69.2 Å². The number of ketones is 1. The molecule has 0 radical (unpaired) electrons. The molecule has 10 nitrogen and oxygen atoms in total. The fourth-order valence-corrected chi connectivity index (χ4v) is 6.33. The topological polar surface area (TPSA) is 121 Å². The summed E-state index contributed by atoms with van der Waals surface area (Å²) >= 11 is 0. The number of nitrogens with one attached hydrogen (secondary N) is 2. The van der Waals surface area contributed by atoms with Gasteiger partial charge in [-0.3, -0.25) is 19.2 Å². The quantitative estimate of drug-likeness (QED) is 0.320. The molecule has 0 unspecified atom stereocenters. The van der Waals surface area contributed by atoms with Gasteiger partial charge in [-0.05, 0) is 55.5 Å². The van der Waals surface area contributed by atoms with Crippen LogP contribution in [0.1, 0.15) is 63.5 Å². The lowest BCUT2D eigenvalue weighted by atomic mass is 9.74. The van der Waals surface area contributed by atoms with E-state index in [9.17, 15) is 19.2 Å². The van der Waals surface area contributed by atoms with Crippen molar-refractivity contribution in [1.29, 1.82) is 0 Å². The smallest absolute Gasteiger partial charge is 0.331 e. The van der Waals surface area contributed by atoms with Crippen LogP contribution in [0.3, 0.4) is 0 Å². The molecule has 1 aromatic heterocycles. The molecule has 2 N–H and O–H groups in total. The third-order valence-electron chi connectivity index (χ3n) is 9.53. The van der Waals surface area contributed by atoms with Crippen LogP contribution in [-0.2, 0) is 31.5 Å². The van der Waals surface area contributed by atoms with E-state index in [1.807, 2.05) is 7.05 Å². The van der Waals surface area contributed by atoms with Crippen LogP contribution >= 0.6 is 0 Å². The number of halogens is 3. The summed E-state index contributed by atoms with van der Waals surface area (Å²) in [6.45, 7) is 6.18. The van der Waals surface area contributed by atoms with Gasteiger partial charge in [-0.2, -0.15) is 8.78 Å². The van der Waals surface area contributed by atoms with Gasteiger partial charge in [0.1, 0.15) is 11.9 Å². The van der Waals surface area contributed by atoms with Crippen molar-refractivity contribution in [3.8, 4) is 5.88 Å². The first kappa shape index (κ1) is 36.8. The fourth-order valence-electron chi connectivity index (χ4n) is 6.33. The number of nitrogens with zero attached hydrogens (tertiary/aromatic N) is 3. The average molecular weight is 674 g/mol. The molecule has 2 atom stereocenters. The minimum absolute atomic E-state index is 0.0365. The van der Waals surface area contributed by atoms with E-state index in [-0.39, 0.29) is 42.1 Å². The Hall–Kier alpha value is -4.00.